The van der Waals surface area contributed by atoms with E-state index >= 15 is 0 Å². The van der Waals surface area contributed by atoms with Crippen LogP contribution >= 0.6 is 20.6 Å². The number of nitrogens with zero attached hydrogens (tertiary/aromatic N) is 1. The van der Waals surface area contributed by atoms with E-state index in [0.29, 0.717) is 0 Å². The molecule has 2 N–H and O–H groups in total. The van der Waals surface area contributed by atoms with Crippen molar-refractivity contribution < 1.29 is 23.8 Å². The van der Waals surface area contributed by atoms with Gasteiger partial charge in [-0.25, -0.2) is 4.57 Å². The van der Waals surface area contributed by atoms with E-state index < -0.39 is 7.82 Å². The maximum Gasteiger partial charge on any atom is 0.492 e. The second-order valence-corrected chi connectivity index (χ2v) is 2.52. The largest absolute Gasteiger partial charge is 0.492 e. The van der Waals surface area contributed by atoms with Crippen molar-refractivity contribution in [3.8, 4) is 0 Å². The van der Waals surface area contributed by atoms with Crippen LogP contribution < -0.4 is 0 Å². The van der Waals surface area contributed by atoms with E-state index in [2.05, 4.69) is 17.4 Å². The fourth-order valence-electron chi connectivity index (χ4n) is 0.128. The summed E-state index contributed by atoms with van der Waals surface area (Å²) in [7, 11) is -4.62. The van der Waals surface area contributed by atoms with Crippen LogP contribution in [0.15, 0.2) is 0 Å². The molecule has 6 nitrogen and oxygen atoms in total. The summed E-state index contributed by atoms with van der Waals surface area (Å²) in [6, 6.07) is 0. The Bertz CT molecular complexity index is 142. The van der Waals surface area contributed by atoms with Gasteiger partial charge in [-0.3, -0.25) is 4.79 Å². The molecular weight excluding hydrogens is 169 g/mol. The van der Waals surface area contributed by atoms with Crippen LogP contribution in [0.2, 0.25) is 0 Å². The van der Waals surface area contributed by atoms with Gasteiger partial charge in [-0.2, -0.15) is 9.09 Å². The Kier molecular flexibility index (Phi) is 3.16. The molecule has 9 heavy (non-hydrogen) atoms. The topological polar surface area (TPSA) is 87.1 Å². The minimum absolute atomic E-state index is 0.00218. The van der Waals surface area contributed by atoms with Gasteiger partial charge in [0.25, 0.3) is 0 Å². The summed E-state index contributed by atoms with van der Waals surface area (Å²) in [5, 5.41) is 0. The van der Waals surface area contributed by atoms with Gasteiger partial charge in [0.1, 0.15) is 0 Å². The molecule has 0 saturated heterocycles. The fraction of sp³-hybridized carbons (Fsp3) is 0. The van der Waals surface area contributed by atoms with E-state index in [-0.39, 0.29) is 10.9 Å². The molecule has 0 radical (unpaired) electrons. The minimum atomic E-state index is -4.62. The quantitative estimate of drug-likeness (QED) is 0.227. The number of thiol groups is 1. The molecule has 0 saturated carbocycles. The van der Waals surface area contributed by atoms with Crippen molar-refractivity contribution >= 4 is 27.0 Å². The Morgan fingerprint density at radius 1 is 1.67 bits per heavy atom. The molecular formula is CH4NO5PS. The molecule has 0 aliphatic rings. The molecule has 0 fully saturated rings. The first-order valence-corrected chi connectivity index (χ1v) is 3.57. The zero-order valence-corrected chi connectivity index (χ0v) is 5.83. The van der Waals surface area contributed by atoms with Crippen molar-refractivity contribution in [1.29, 1.82) is 0 Å². The van der Waals surface area contributed by atoms with Gasteiger partial charge in [0.15, 0.2) is 0 Å². The van der Waals surface area contributed by atoms with E-state index in [4.69, 9.17) is 9.79 Å². The monoisotopic (exact) mass is 173 g/mol. The molecule has 0 aromatic rings. The average Bonchev–Trinajstić information content (AvgIpc) is 1.62. The van der Waals surface area contributed by atoms with Crippen molar-refractivity contribution in [3.63, 3.8) is 0 Å². The van der Waals surface area contributed by atoms with Crippen LogP contribution in [0.25, 0.3) is 0 Å². The van der Waals surface area contributed by atoms with Crippen LogP contribution in [0.3, 0.4) is 0 Å². The average molecular weight is 173 g/mol. The lowest BCUT2D eigenvalue weighted by Gasteiger charge is -2.07. The standard InChI is InChI=1S/CH4NO5PS/c3-1-2(9)7-8(4,5)6/h1,9H,(H2,4,5,6). The predicted molar refractivity (Wildman–Crippen MR) is 30.0 cm³/mol. The SMILES string of the molecule is O=CN(S)OP(=O)(O)O. The Hall–Kier alpha value is -0.0700. The highest BCUT2D eigenvalue weighted by atomic mass is 32.1. The van der Waals surface area contributed by atoms with E-state index in [1.54, 1.807) is 0 Å². The third-order valence-electron chi connectivity index (χ3n) is 0.280. The van der Waals surface area contributed by atoms with Crippen LogP contribution in [-0.2, 0) is 14.0 Å². The number of hydrogen-bond donors (Lipinski definition) is 3. The Morgan fingerprint density at radius 3 is 2.22 bits per heavy atom. The van der Waals surface area contributed by atoms with Crippen LogP contribution in [0.4, 0.5) is 0 Å². The molecule has 0 atom stereocenters. The molecule has 0 bridgehead atoms. The minimum Gasteiger partial charge on any atom is -0.301 e. The van der Waals surface area contributed by atoms with Gasteiger partial charge in [-0.1, -0.05) is 0 Å². The van der Waals surface area contributed by atoms with E-state index in [0.717, 1.165) is 0 Å². The maximum atomic E-state index is 9.82. The van der Waals surface area contributed by atoms with Crippen LogP contribution in [0, 0.1) is 0 Å². The first kappa shape index (κ1) is 8.93. The predicted octanol–water partition coefficient (Wildman–Crippen LogP) is -0.686. The second-order valence-electron chi connectivity index (χ2n) is 0.980. The van der Waals surface area contributed by atoms with E-state index in [1.807, 2.05) is 0 Å². The van der Waals surface area contributed by atoms with Crippen LogP contribution in [0.5, 0.6) is 0 Å². The second kappa shape index (κ2) is 3.19. The highest BCUT2D eigenvalue weighted by molar-refractivity contribution is 7.78. The summed E-state index contributed by atoms with van der Waals surface area (Å²) in [5.41, 5.74) is 0. The van der Waals surface area contributed by atoms with Crippen molar-refractivity contribution in [1.82, 2.24) is 4.47 Å². The summed E-state index contributed by atoms with van der Waals surface area (Å²) in [4.78, 5) is 25.5. The van der Waals surface area contributed by atoms with Gasteiger partial charge in [0, 0.05) is 0 Å². The van der Waals surface area contributed by atoms with E-state index in [1.165, 1.54) is 0 Å². The Balaban J connectivity index is 3.74. The number of amides is 1. The smallest absolute Gasteiger partial charge is 0.301 e. The molecule has 54 valence electrons. The van der Waals surface area contributed by atoms with Gasteiger partial charge in [-0.05, 0) is 12.8 Å². The maximum absolute atomic E-state index is 9.82. The van der Waals surface area contributed by atoms with Gasteiger partial charge >= 0.3 is 7.82 Å². The lowest BCUT2D eigenvalue weighted by Crippen LogP contribution is -2.07. The number of carbonyl (C=O) groups is 1. The Morgan fingerprint density at radius 2 is 2.11 bits per heavy atom. The number of carbonyl (C=O) groups excluding carboxylic acids is 1. The zero-order valence-electron chi connectivity index (χ0n) is 4.04. The molecule has 0 aliphatic heterocycles. The van der Waals surface area contributed by atoms with Crippen LogP contribution in [-0.4, -0.2) is 20.7 Å². The van der Waals surface area contributed by atoms with Gasteiger partial charge in [-0.15, -0.1) is 0 Å². The normalized spacial score (nSPS) is 11.0. The first-order valence-electron chi connectivity index (χ1n) is 1.64. The highest BCUT2D eigenvalue weighted by Crippen LogP contribution is 2.36. The number of rotatable bonds is 3. The number of hydrogen-bond acceptors (Lipinski definition) is 4. The van der Waals surface area contributed by atoms with Crippen molar-refractivity contribution in [2.24, 2.45) is 0 Å². The van der Waals surface area contributed by atoms with E-state index in [9.17, 15) is 9.36 Å². The van der Waals surface area contributed by atoms with Gasteiger partial charge in [0.2, 0.25) is 6.41 Å². The lowest BCUT2D eigenvalue weighted by molar-refractivity contribution is -0.128. The molecule has 8 heteroatoms. The summed E-state index contributed by atoms with van der Waals surface area (Å²) >= 11 is 3.17. The molecule has 0 aromatic carbocycles. The first-order chi connectivity index (χ1) is 3.95. The lowest BCUT2D eigenvalue weighted by atomic mass is 11.5. The summed E-state index contributed by atoms with van der Waals surface area (Å²) in [6.45, 7) is 0. The summed E-state index contributed by atoms with van der Waals surface area (Å²) in [5.74, 6) is 0. The molecule has 0 heterocycles. The molecule has 0 aromatic heterocycles. The molecule has 0 unspecified atom stereocenters. The van der Waals surface area contributed by atoms with Crippen molar-refractivity contribution in [2.45, 2.75) is 0 Å². The van der Waals surface area contributed by atoms with Gasteiger partial charge < -0.3 is 9.79 Å². The third kappa shape index (κ3) is 5.81. The summed E-state index contributed by atoms with van der Waals surface area (Å²) < 4.78 is 13.5. The van der Waals surface area contributed by atoms with Crippen LogP contribution in [0.1, 0.15) is 0 Å². The Labute approximate surface area is 56.2 Å². The highest BCUT2D eigenvalue weighted by Gasteiger charge is 2.17. The zero-order chi connectivity index (χ0) is 7.49. The molecule has 0 rings (SSSR count). The summed E-state index contributed by atoms with van der Waals surface area (Å²) in [6.07, 6.45) is 0.00218. The molecule has 1 amide bonds. The third-order valence-corrected chi connectivity index (χ3v) is 0.974. The molecule has 0 spiro atoms. The fourth-order valence-corrected chi connectivity index (χ4v) is 0.670. The van der Waals surface area contributed by atoms with Crippen molar-refractivity contribution in [2.75, 3.05) is 0 Å². The molecule has 0 aliphatic carbocycles. The number of phosphoric acid groups is 1. The number of hydroxylamine groups is 1. The van der Waals surface area contributed by atoms with Gasteiger partial charge in [0.05, 0.1) is 0 Å². The van der Waals surface area contributed by atoms with Crippen molar-refractivity contribution in [3.05, 3.63) is 0 Å².